The summed E-state index contributed by atoms with van der Waals surface area (Å²) in [6.45, 7) is 1.72. The summed E-state index contributed by atoms with van der Waals surface area (Å²) in [7, 11) is 3.10. The predicted octanol–water partition coefficient (Wildman–Crippen LogP) is 3.92. The average Bonchev–Trinajstić information content (AvgIpc) is 2.76. The highest BCUT2D eigenvalue weighted by Crippen LogP contribution is 2.25. The van der Waals surface area contributed by atoms with Crippen molar-refractivity contribution in [2.24, 2.45) is 0 Å². The van der Waals surface area contributed by atoms with E-state index in [1.165, 1.54) is 13.2 Å². The van der Waals surface area contributed by atoms with Gasteiger partial charge in [0, 0.05) is 17.7 Å². The summed E-state index contributed by atoms with van der Waals surface area (Å²) in [6, 6.07) is 14.9. The summed E-state index contributed by atoms with van der Waals surface area (Å²) in [5.74, 6) is 0.274. The molecule has 2 aromatic rings. The van der Waals surface area contributed by atoms with Gasteiger partial charge in [-0.15, -0.1) is 0 Å². The van der Waals surface area contributed by atoms with E-state index in [0.29, 0.717) is 17.1 Å². The molecule has 2 rings (SSSR count). The second-order valence-corrected chi connectivity index (χ2v) is 6.37. The van der Waals surface area contributed by atoms with Crippen LogP contribution in [0.1, 0.15) is 36.9 Å². The zero-order valence-corrected chi connectivity index (χ0v) is 17.0. The van der Waals surface area contributed by atoms with Gasteiger partial charge in [0.1, 0.15) is 11.5 Å². The maximum Gasteiger partial charge on any atom is 0.331 e. The summed E-state index contributed by atoms with van der Waals surface area (Å²) in [5.41, 5.74) is 1.72. The van der Waals surface area contributed by atoms with E-state index >= 15 is 0 Å². The molecule has 0 aromatic heterocycles. The Kier molecular flexibility index (Phi) is 8.76. The van der Waals surface area contributed by atoms with Gasteiger partial charge in [0.25, 0.3) is 5.91 Å². The number of carbonyl (C=O) groups excluding carboxylic acids is 2. The fourth-order valence-electron chi connectivity index (χ4n) is 2.83. The highest BCUT2D eigenvalue weighted by Gasteiger charge is 2.14. The van der Waals surface area contributed by atoms with Gasteiger partial charge >= 0.3 is 5.97 Å². The van der Waals surface area contributed by atoms with E-state index in [1.807, 2.05) is 30.3 Å². The van der Waals surface area contributed by atoms with Crippen LogP contribution in [0, 0.1) is 0 Å². The molecule has 29 heavy (non-hydrogen) atoms. The molecule has 0 bridgehead atoms. The topological polar surface area (TPSA) is 73.9 Å². The van der Waals surface area contributed by atoms with Crippen molar-refractivity contribution in [3.05, 3.63) is 65.7 Å². The number of benzene rings is 2. The van der Waals surface area contributed by atoms with E-state index in [1.54, 1.807) is 31.4 Å². The van der Waals surface area contributed by atoms with Crippen molar-refractivity contribution in [2.75, 3.05) is 20.8 Å². The van der Waals surface area contributed by atoms with E-state index < -0.39 is 5.97 Å². The lowest BCUT2D eigenvalue weighted by molar-refractivity contribution is -0.144. The maximum atomic E-state index is 12.2. The van der Waals surface area contributed by atoms with Crippen LogP contribution in [-0.2, 0) is 14.3 Å². The summed E-state index contributed by atoms with van der Waals surface area (Å²) >= 11 is 0. The molecular formula is C23H27NO5. The first-order valence-electron chi connectivity index (χ1n) is 9.48. The lowest BCUT2D eigenvalue weighted by Gasteiger charge is -2.18. The van der Waals surface area contributed by atoms with Gasteiger partial charge in [-0.1, -0.05) is 43.7 Å². The van der Waals surface area contributed by atoms with Crippen molar-refractivity contribution < 1.29 is 23.8 Å². The van der Waals surface area contributed by atoms with Crippen LogP contribution in [0.2, 0.25) is 0 Å². The number of hydrogen-bond donors (Lipinski definition) is 1. The van der Waals surface area contributed by atoms with Crippen molar-refractivity contribution in [3.8, 4) is 11.5 Å². The molecule has 1 atom stereocenters. The molecule has 0 saturated carbocycles. The third kappa shape index (κ3) is 6.99. The minimum atomic E-state index is -0.607. The van der Waals surface area contributed by atoms with Gasteiger partial charge in [-0.25, -0.2) is 4.79 Å². The quantitative estimate of drug-likeness (QED) is 0.486. The number of amides is 1. The van der Waals surface area contributed by atoms with Gasteiger partial charge < -0.3 is 19.5 Å². The van der Waals surface area contributed by atoms with Gasteiger partial charge in [-0.3, -0.25) is 4.79 Å². The van der Waals surface area contributed by atoms with Gasteiger partial charge in [-0.05, 0) is 30.2 Å². The Balaban J connectivity index is 1.89. The third-order valence-electron chi connectivity index (χ3n) is 4.30. The highest BCUT2D eigenvalue weighted by atomic mass is 16.5. The van der Waals surface area contributed by atoms with Crippen LogP contribution in [-0.4, -0.2) is 32.7 Å². The zero-order valence-electron chi connectivity index (χ0n) is 17.0. The van der Waals surface area contributed by atoms with Crippen LogP contribution in [0.5, 0.6) is 11.5 Å². The highest BCUT2D eigenvalue weighted by molar-refractivity contribution is 5.89. The minimum Gasteiger partial charge on any atom is -0.497 e. The van der Waals surface area contributed by atoms with Crippen LogP contribution < -0.4 is 14.8 Å². The Labute approximate surface area is 171 Å². The third-order valence-corrected chi connectivity index (χ3v) is 4.30. The number of ether oxygens (including phenoxy) is 3. The molecule has 0 aliphatic carbocycles. The van der Waals surface area contributed by atoms with Crippen LogP contribution >= 0.6 is 0 Å². The Morgan fingerprint density at radius 2 is 1.83 bits per heavy atom. The molecule has 0 fully saturated rings. The zero-order chi connectivity index (χ0) is 21.1. The Morgan fingerprint density at radius 3 is 2.48 bits per heavy atom. The van der Waals surface area contributed by atoms with E-state index in [9.17, 15) is 9.59 Å². The summed E-state index contributed by atoms with van der Waals surface area (Å²) in [6.07, 6.45) is 4.56. The van der Waals surface area contributed by atoms with Gasteiger partial charge in [0.05, 0.1) is 20.3 Å². The fourth-order valence-corrected chi connectivity index (χ4v) is 2.83. The van der Waals surface area contributed by atoms with Gasteiger partial charge in [0.2, 0.25) is 0 Å². The first-order valence-corrected chi connectivity index (χ1v) is 9.48. The van der Waals surface area contributed by atoms with Crippen molar-refractivity contribution in [1.82, 2.24) is 5.32 Å². The molecule has 0 saturated heterocycles. The van der Waals surface area contributed by atoms with Crippen LogP contribution in [0.3, 0.4) is 0 Å². The van der Waals surface area contributed by atoms with E-state index in [2.05, 4.69) is 12.2 Å². The van der Waals surface area contributed by atoms with Crippen LogP contribution in [0.25, 0.3) is 6.08 Å². The normalized spacial score (nSPS) is 11.7. The number of esters is 1. The second-order valence-electron chi connectivity index (χ2n) is 6.37. The first kappa shape index (κ1) is 22.0. The standard InChI is InChI=1S/C23H27NO5/c1-4-8-20(17-9-6-5-7-10-17)24-22(25)16-29-23(26)14-12-18-11-13-19(27-2)15-21(18)28-3/h5-7,9-15,20H,4,8,16H2,1-3H3,(H,24,25)/b14-12+/t20-/m0/s1. The number of carbonyl (C=O) groups is 2. The smallest absolute Gasteiger partial charge is 0.331 e. The minimum absolute atomic E-state index is 0.105. The number of rotatable bonds is 10. The predicted molar refractivity (Wildman–Crippen MR) is 112 cm³/mol. The molecular weight excluding hydrogens is 370 g/mol. The molecule has 154 valence electrons. The van der Waals surface area contributed by atoms with Crippen molar-refractivity contribution >= 4 is 18.0 Å². The number of hydrogen-bond acceptors (Lipinski definition) is 5. The van der Waals surface area contributed by atoms with E-state index in [4.69, 9.17) is 14.2 Å². The Hall–Kier alpha value is -3.28. The Morgan fingerprint density at radius 1 is 1.07 bits per heavy atom. The number of nitrogens with one attached hydrogen (secondary N) is 1. The first-order chi connectivity index (χ1) is 14.1. The van der Waals surface area contributed by atoms with Crippen LogP contribution in [0.4, 0.5) is 0 Å². The molecule has 6 heteroatoms. The molecule has 0 heterocycles. The molecule has 0 radical (unpaired) electrons. The van der Waals surface area contributed by atoms with Crippen molar-refractivity contribution in [1.29, 1.82) is 0 Å². The van der Waals surface area contributed by atoms with Gasteiger partial charge in [-0.2, -0.15) is 0 Å². The second kappa shape index (κ2) is 11.5. The number of methoxy groups -OCH3 is 2. The summed E-state index contributed by atoms with van der Waals surface area (Å²) in [4.78, 5) is 24.2. The molecule has 6 nitrogen and oxygen atoms in total. The van der Waals surface area contributed by atoms with Crippen molar-refractivity contribution in [2.45, 2.75) is 25.8 Å². The lowest BCUT2D eigenvalue weighted by Crippen LogP contribution is -2.32. The SMILES string of the molecule is CCC[C@H](NC(=O)COC(=O)/C=C/c1ccc(OC)cc1OC)c1ccccc1. The maximum absolute atomic E-state index is 12.2. The molecule has 0 unspecified atom stereocenters. The van der Waals surface area contributed by atoms with Gasteiger partial charge in [0.15, 0.2) is 6.61 Å². The molecule has 2 aromatic carbocycles. The molecule has 0 aliphatic heterocycles. The van der Waals surface area contributed by atoms with Crippen LogP contribution in [0.15, 0.2) is 54.6 Å². The fraction of sp³-hybridized carbons (Fsp3) is 0.304. The molecule has 0 spiro atoms. The molecule has 1 amide bonds. The average molecular weight is 397 g/mol. The monoisotopic (exact) mass is 397 g/mol. The molecule has 0 aliphatic rings. The Bertz CT molecular complexity index is 832. The lowest BCUT2D eigenvalue weighted by atomic mass is 10.0. The summed E-state index contributed by atoms with van der Waals surface area (Å²) < 4.78 is 15.5. The van der Waals surface area contributed by atoms with E-state index in [-0.39, 0.29) is 18.6 Å². The molecule has 1 N–H and O–H groups in total. The van der Waals surface area contributed by atoms with Crippen molar-refractivity contribution in [3.63, 3.8) is 0 Å². The largest absolute Gasteiger partial charge is 0.497 e. The summed E-state index contributed by atoms with van der Waals surface area (Å²) in [5, 5.41) is 2.92. The van der Waals surface area contributed by atoms with E-state index in [0.717, 1.165) is 18.4 Å².